The van der Waals surface area contributed by atoms with Gasteiger partial charge in [-0.1, -0.05) is 30.3 Å². The molecule has 0 bridgehead atoms. The lowest BCUT2D eigenvalue weighted by Gasteiger charge is -2.19. The minimum Gasteiger partial charge on any atom is -0.388 e. The summed E-state index contributed by atoms with van der Waals surface area (Å²) in [5, 5.41) is 13.4. The van der Waals surface area contributed by atoms with Gasteiger partial charge in [-0.3, -0.25) is 0 Å². The number of benzene rings is 2. The van der Waals surface area contributed by atoms with E-state index in [1.165, 1.54) is 21.9 Å². The van der Waals surface area contributed by atoms with Crippen LogP contribution in [0.5, 0.6) is 0 Å². The van der Waals surface area contributed by atoms with Crippen molar-refractivity contribution in [2.24, 2.45) is 5.92 Å². The molecule has 0 spiro atoms. The van der Waals surface area contributed by atoms with Crippen molar-refractivity contribution in [1.29, 1.82) is 0 Å². The number of hydrogen-bond acceptors (Lipinski definition) is 2. The van der Waals surface area contributed by atoms with Crippen LogP contribution in [-0.2, 0) is 17.6 Å². The van der Waals surface area contributed by atoms with E-state index in [0.717, 1.165) is 24.8 Å². The van der Waals surface area contributed by atoms with Gasteiger partial charge in [-0.2, -0.15) is 0 Å². The van der Waals surface area contributed by atoms with Crippen LogP contribution in [0.15, 0.2) is 30.3 Å². The Morgan fingerprint density at radius 1 is 1.15 bits per heavy atom. The van der Waals surface area contributed by atoms with Crippen LogP contribution in [0, 0.1) is 5.92 Å². The van der Waals surface area contributed by atoms with Crippen molar-refractivity contribution in [1.82, 2.24) is 0 Å². The van der Waals surface area contributed by atoms with E-state index in [1.54, 1.807) is 0 Å². The first-order valence-corrected chi connectivity index (χ1v) is 7.57. The van der Waals surface area contributed by atoms with E-state index in [1.807, 2.05) is 0 Å². The van der Waals surface area contributed by atoms with Crippen molar-refractivity contribution < 1.29 is 9.84 Å². The first-order valence-electron chi connectivity index (χ1n) is 7.57. The lowest BCUT2D eigenvalue weighted by atomic mass is 9.89. The highest BCUT2D eigenvalue weighted by molar-refractivity contribution is 5.93. The Morgan fingerprint density at radius 2 is 1.95 bits per heavy atom. The second kappa shape index (κ2) is 4.57. The summed E-state index contributed by atoms with van der Waals surface area (Å²) >= 11 is 0. The molecule has 2 aliphatic rings. The molecule has 0 radical (unpaired) electrons. The maximum absolute atomic E-state index is 10.8. The third-order valence-corrected chi connectivity index (χ3v) is 4.91. The highest BCUT2D eigenvalue weighted by atomic mass is 16.5. The Balaban J connectivity index is 1.81. The largest absolute Gasteiger partial charge is 0.388 e. The van der Waals surface area contributed by atoms with Crippen molar-refractivity contribution in [3.63, 3.8) is 0 Å². The van der Waals surface area contributed by atoms with Crippen LogP contribution in [0.3, 0.4) is 0 Å². The molecule has 0 amide bonds. The Labute approximate surface area is 119 Å². The summed E-state index contributed by atoms with van der Waals surface area (Å²) in [6.45, 7) is 2.76. The lowest BCUT2D eigenvalue weighted by molar-refractivity contribution is 0.0811. The van der Waals surface area contributed by atoms with E-state index in [4.69, 9.17) is 4.74 Å². The molecule has 2 aromatic rings. The third kappa shape index (κ3) is 1.79. The summed E-state index contributed by atoms with van der Waals surface area (Å²) < 4.78 is 5.62. The number of aryl methyl sites for hydroxylation is 2. The van der Waals surface area contributed by atoms with Crippen LogP contribution < -0.4 is 0 Å². The fourth-order valence-electron chi connectivity index (χ4n) is 3.85. The standard InChI is InChI=1S/C18H20O2/c1-11-9-14(10-20-11)18(19)16-8-7-13-6-5-12-3-2-4-15(16)17(12)13/h2-4,7-8,11,14,18-19H,5-6,9-10H2,1H3. The predicted molar refractivity (Wildman–Crippen MR) is 79.8 cm³/mol. The fraction of sp³-hybridized carbons (Fsp3) is 0.444. The topological polar surface area (TPSA) is 29.5 Å². The minimum atomic E-state index is -0.412. The molecule has 1 N–H and O–H groups in total. The SMILES string of the molecule is CC1CC(C(O)c2ccc3c4c(cccc24)CC3)CO1. The summed E-state index contributed by atoms with van der Waals surface area (Å²) in [5.41, 5.74) is 3.94. The van der Waals surface area contributed by atoms with E-state index in [-0.39, 0.29) is 12.0 Å². The van der Waals surface area contributed by atoms with Gasteiger partial charge >= 0.3 is 0 Å². The summed E-state index contributed by atoms with van der Waals surface area (Å²) in [4.78, 5) is 0. The van der Waals surface area contributed by atoms with E-state index in [2.05, 4.69) is 37.3 Å². The molecule has 2 nitrogen and oxygen atoms in total. The normalized spacial score (nSPS) is 26.3. The van der Waals surface area contributed by atoms with Crippen LogP contribution in [0.2, 0.25) is 0 Å². The van der Waals surface area contributed by atoms with Crippen molar-refractivity contribution in [2.45, 2.75) is 38.4 Å². The van der Waals surface area contributed by atoms with Gasteiger partial charge in [0, 0.05) is 5.92 Å². The van der Waals surface area contributed by atoms with Crippen molar-refractivity contribution in [3.05, 3.63) is 47.0 Å². The minimum absolute atomic E-state index is 0.225. The first kappa shape index (κ1) is 12.4. The Kier molecular flexibility index (Phi) is 2.83. The molecule has 1 aliphatic heterocycles. The number of hydrogen-bond donors (Lipinski definition) is 1. The molecule has 4 rings (SSSR count). The summed E-state index contributed by atoms with van der Waals surface area (Å²) in [5.74, 6) is 0.225. The van der Waals surface area contributed by atoms with Crippen molar-refractivity contribution in [3.8, 4) is 0 Å². The van der Waals surface area contributed by atoms with Crippen molar-refractivity contribution >= 4 is 10.8 Å². The van der Waals surface area contributed by atoms with Gasteiger partial charge in [0.05, 0.1) is 18.8 Å². The third-order valence-electron chi connectivity index (χ3n) is 4.91. The molecular formula is C18H20O2. The quantitative estimate of drug-likeness (QED) is 0.904. The van der Waals surface area contributed by atoms with Gasteiger partial charge in [-0.15, -0.1) is 0 Å². The lowest BCUT2D eigenvalue weighted by Crippen LogP contribution is -2.13. The van der Waals surface area contributed by atoms with Gasteiger partial charge in [-0.25, -0.2) is 0 Å². The fourth-order valence-corrected chi connectivity index (χ4v) is 3.85. The van der Waals surface area contributed by atoms with E-state index >= 15 is 0 Å². The molecular weight excluding hydrogens is 248 g/mol. The van der Waals surface area contributed by atoms with E-state index in [0.29, 0.717) is 6.61 Å². The number of aliphatic hydroxyl groups is 1. The van der Waals surface area contributed by atoms with E-state index < -0.39 is 6.10 Å². The van der Waals surface area contributed by atoms with Gasteiger partial charge in [0.1, 0.15) is 0 Å². The molecule has 104 valence electrons. The maximum atomic E-state index is 10.8. The van der Waals surface area contributed by atoms with Gasteiger partial charge in [0.25, 0.3) is 0 Å². The van der Waals surface area contributed by atoms with Crippen LogP contribution in [0.4, 0.5) is 0 Å². The maximum Gasteiger partial charge on any atom is 0.0847 e. The zero-order chi connectivity index (χ0) is 13.7. The van der Waals surface area contributed by atoms with E-state index in [9.17, 15) is 5.11 Å². The van der Waals surface area contributed by atoms with Crippen LogP contribution in [-0.4, -0.2) is 17.8 Å². The zero-order valence-electron chi connectivity index (χ0n) is 11.8. The molecule has 3 unspecified atom stereocenters. The Morgan fingerprint density at radius 3 is 2.70 bits per heavy atom. The van der Waals surface area contributed by atoms with Gasteiger partial charge in [0.15, 0.2) is 0 Å². The monoisotopic (exact) mass is 268 g/mol. The van der Waals surface area contributed by atoms with Crippen LogP contribution in [0.25, 0.3) is 10.8 Å². The summed E-state index contributed by atoms with van der Waals surface area (Å²) in [7, 11) is 0. The molecule has 1 heterocycles. The Bertz CT molecular complexity index is 652. The highest BCUT2D eigenvalue weighted by Crippen LogP contribution is 2.39. The molecule has 1 saturated heterocycles. The molecule has 3 atom stereocenters. The zero-order valence-corrected chi connectivity index (χ0v) is 11.8. The molecule has 1 aliphatic carbocycles. The van der Waals surface area contributed by atoms with Crippen molar-refractivity contribution in [2.75, 3.05) is 6.61 Å². The van der Waals surface area contributed by atoms with Gasteiger partial charge in [-0.05, 0) is 53.6 Å². The average molecular weight is 268 g/mol. The Hall–Kier alpha value is -1.38. The molecule has 0 aromatic heterocycles. The molecule has 2 heteroatoms. The summed E-state index contributed by atoms with van der Waals surface area (Å²) in [6, 6.07) is 10.8. The molecule has 2 aromatic carbocycles. The number of ether oxygens (including phenoxy) is 1. The van der Waals surface area contributed by atoms with Crippen LogP contribution in [0.1, 0.15) is 36.1 Å². The highest BCUT2D eigenvalue weighted by Gasteiger charge is 2.30. The average Bonchev–Trinajstić information content (AvgIpc) is 3.07. The molecule has 20 heavy (non-hydrogen) atoms. The smallest absolute Gasteiger partial charge is 0.0847 e. The van der Waals surface area contributed by atoms with Gasteiger partial charge in [0.2, 0.25) is 0 Å². The van der Waals surface area contributed by atoms with Crippen LogP contribution >= 0.6 is 0 Å². The van der Waals surface area contributed by atoms with Gasteiger partial charge < -0.3 is 9.84 Å². The number of aliphatic hydroxyl groups excluding tert-OH is 1. The molecule has 0 saturated carbocycles. The second-order valence-electron chi connectivity index (χ2n) is 6.24. The molecule has 1 fully saturated rings. The predicted octanol–water partition coefficient (Wildman–Crippen LogP) is 3.40. The second-order valence-corrected chi connectivity index (χ2v) is 6.24. The summed E-state index contributed by atoms with van der Waals surface area (Å²) in [6.07, 6.45) is 3.08. The number of rotatable bonds is 2. The first-order chi connectivity index (χ1) is 9.74.